The van der Waals surface area contributed by atoms with Gasteiger partial charge in [0, 0.05) is 4.47 Å². The lowest BCUT2D eigenvalue weighted by atomic mass is 9.93. The van der Waals surface area contributed by atoms with Crippen molar-refractivity contribution in [2.75, 3.05) is 6.54 Å². The molecule has 0 saturated carbocycles. The van der Waals surface area contributed by atoms with Crippen molar-refractivity contribution < 1.29 is 0 Å². The molecule has 0 atom stereocenters. The fourth-order valence-corrected chi connectivity index (χ4v) is 2.70. The lowest BCUT2D eigenvalue weighted by Gasteiger charge is -2.15. The maximum atomic E-state index is 5.55. The van der Waals surface area contributed by atoms with Gasteiger partial charge in [-0.05, 0) is 48.9 Å². The van der Waals surface area contributed by atoms with Crippen molar-refractivity contribution in [1.29, 1.82) is 0 Å². The van der Waals surface area contributed by atoms with Crippen LogP contribution in [-0.2, 0) is 6.42 Å². The van der Waals surface area contributed by atoms with Gasteiger partial charge in [0.2, 0.25) is 0 Å². The molecule has 0 aliphatic heterocycles. The van der Waals surface area contributed by atoms with Gasteiger partial charge in [0.05, 0.1) is 0 Å². The molecular weight excluding hydrogens is 250 g/mol. The van der Waals surface area contributed by atoms with E-state index < -0.39 is 0 Å². The van der Waals surface area contributed by atoms with E-state index in [1.165, 1.54) is 28.4 Å². The zero-order chi connectivity index (χ0) is 11.3. The summed E-state index contributed by atoms with van der Waals surface area (Å²) in [5.41, 5.74) is 8.30. The van der Waals surface area contributed by atoms with E-state index in [-0.39, 0.29) is 0 Å². The summed E-state index contributed by atoms with van der Waals surface area (Å²) in [4.78, 5) is 0. The van der Waals surface area contributed by atoms with Crippen LogP contribution >= 0.6 is 15.9 Å². The number of hydrogen-bond acceptors (Lipinski definition) is 1. The highest BCUT2D eigenvalue weighted by molar-refractivity contribution is 9.10. The Bertz CT molecular complexity index is 305. The zero-order valence-electron chi connectivity index (χ0n) is 9.59. The smallest absolute Gasteiger partial charge is 0.0212 e. The van der Waals surface area contributed by atoms with Gasteiger partial charge >= 0.3 is 0 Å². The molecule has 0 aromatic heterocycles. The maximum Gasteiger partial charge on any atom is 0.0212 e. The summed E-state index contributed by atoms with van der Waals surface area (Å²) in [6, 6.07) is 6.65. The number of rotatable bonds is 5. The van der Waals surface area contributed by atoms with E-state index in [1.807, 2.05) is 0 Å². The topological polar surface area (TPSA) is 26.0 Å². The fourth-order valence-electron chi connectivity index (χ4n) is 1.95. The summed E-state index contributed by atoms with van der Waals surface area (Å²) < 4.78 is 1.24. The fraction of sp³-hybridized carbons (Fsp3) is 0.538. The van der Waals surface area contributed by atoms with Crippen molar-refractivity contribution >= 4 is 15.9 Å². The van der Waals surface area contributed by atoms with Gasteiger partial charge in [0.15, 0.2) is 0 Å². The molecule has 1 aromatic rings. The molecule has 0 bridgehead atoms. The van der Waals surface area contributed by atoms with Gasteiger partial charge in [-0.1, -0.05) is 41.9 Å². The minimum Gasteiger partial charge on any atom is -0.330 e. The largest absolute Gasteiger partial charge is 0.330 e. The molecule has 1 rings (SSSR count). The van der Waals surface area contributed by atoms with E-state index in [0.29, 0.717) is 5.92 Å². The van der Waals surface area contributed by atoms with E-state index in [9.17, 15) is 0 Å². The van der Waals surface area contributed by atoms with Gasteiger partial charge in [0.25, 0.3) is 0 Å². The van der Waals surface area contributed by atoms with Gasteiger partial charge < -0.3 is 5.73 Å². The predicted molar refractivity (Wildman–Crippen MR) is 70.2 cm³/mol. The average Bonchev–Trinajstić information content (AvgIpc) is 2.23. The Balaban J connectivity index is 2.91. The third kappa shape index (κ3) is 3.32. The number of hydrogen-bond donors (Lipinski definition) is 1. The third-order valence-corrected chi connectivity index (χ3v) is 3.61. The minimum atomic E-state index is 0.673. The van der Waals surface area contributed by atoms with Crippen molar-refractivity contribution in [3.63, 3.8) is 0 Å². The number of nitrogens with two attached hydrogens (primary N) is 1. The third-order valence-electron chi connectivity index (χ3n) is 2.92. The van der Waals surface area contributed by atoms with Crippen LogP contribution in [0, 0.1) is 0 Å². The first-order chi connectivity index (χ1) is 7.22. The molecule has 0 unspecified atom stereocenters. The average molecular weight is 270 g/mol. The van der Waals surface area contributed by atoms with Crippen LogP contribution in [0.4, 0.5) is 0 Å². The van der Waals surface area contributed by atoms with Crippen LogP contribution in [0.2, 0.25) is 0 Å². The van der Waals surface area contributed by atoms with Crippen LogP contribution < -0.4 is 5.73 Å². The Labute approximate surface area is 101 Å². The second-order valence-corrected chi connectivity index (χ2v) is 4.76. The van der Waals surface area contributed by atoms with Gasteiger partial charge in [0.1, 0.15) is 0 Å². The summed E-state index contributed by atoms with van der Waals surface area (Å²) in [7, 11) is 0. The van der Waals surface area contributed by atoms with Gasteiger partial charge in [-0.3, -0.25) is 0 Å². The van der Waals surface area contributed by atoms with Crippen LogP contribution in [0.1, 0.15) is 43.7 Å². The first-order valence-electron chi connectivity index (χ1n) is 5.71. The monoisotopic (exact) mass is 269 g/mol. The molecular formula is C13H20BrN. The molecule has 2 heteroatoms. The second kappa shape index (κ2) is 6.29. The van der Waals surface area contributed by atoms with Crippen LogP contribution in [0.3, 0.4) is 0 Å². The first kappa shape index (κ1) is 12.7. The van der Waals surface area contributed by atoms with E-state index in [2.05, 4.69) is 48.0 Å². The second-order valence-electron chi connectivity index (χ2n) is 3.91. The lowest BCUT2D eigenvalue weighted by Crippen LogP contribution is -2.03. The molecule has 0 heterocycles. The van der Waals surface area contributed by atoms with Crippen molar-refractivity contribution in [3.8, 4) is 0 Å². The molecule has 0 radical (unpaired) electrons. The summed E-state index contributed by atoms with van der Waals surface area (Å²) in [6.07, 6.45) is 3.36. The molecule has 15 heavy (non-hydrogen) atoms. The molecule has 1 aromatic carbocycles. The van der Waals surface area contributed by atoms with Gasteiger partial charge in [-0.15, -0.1) is 0 Å². The van der Waals surface area contributed by atoms with E-state index in [0.717, 1.165) is 13.0 Å². The van der Waals surface area contributed by atoms with Gasteiger partial charge in [-0.25, -0.2) is 0 Å². The molecule has 84 valence electrons. The number of halogens is 1. The molecule has 0 fully saturated rings. The molecule has 0 amide bonds. The van der Waals surface area contributed by atoms with Gasteiger partial charge in [-0.2, -0.15) is 0 Å². The standard InChI is InChI=1S/C13H20BrN/c1-3-11(4-2)12-6-5-10(7-8-15)9-13(12)14/h5-6,9,11H,3-4,7-8,15H2,1-2H3. The normalized spacial score (nSPS) is 11.0. The molecule has 0 spiro atoms. The zero-order valence-corrected chi connectivity index (χ0v) is 11.2. The summed E-state index contributed by atoms with van der Waals surface area (Å²) in [5.74, 6) is 0.673. The van der Waals surface area contributed by atoms with Crippen molar-refractivity contribution in [2.24, 2.45) is 5.73 Å². The maximum absolute atomic E-state index is 5.55. The Hall–Kier alpha value is -0.340. The molecule has 0 aliphatic carbocycles. The van der Waals surface area contributed by atoms with E-state index in [1.54, 1.807) is 0 Å². The van der Waals surface area contributed by atoms with Crippen LogP contribution in [0.5, 0.6) is 0 Å². The van der Waals surface area contributed by atoms with E-state index >= 15 is 0 Å². The van der Waals surface area contributed by atoms with Crippen molar-refractivity contribution in [3.05, 3.63) is 33.8 Å². The van der Waals surface area contributed by atoms with Crippen LogP contribution in [-0.4, -0.2) is 6.54 Å². The lowest BCUT2D eigenvalue weighted by molar-refractivity contribution is 0.639. The van der Waals surface area contributed by atoms with Crippen LogP contribution in [0.15, 0.2) is 22.7 Å². The highest BCUT2D eigenvalue weighted by Crippen LogP contribution is 2.30. The van der Waals surface area contributed by atoms with Crippen molar-refractivity contribution in [2.45, 2.75) is 39.0 Å². The molecule has 2 N–H and O–H groups in total. The SMILES string of the molecule is CCC(CC)c1ccc(CCN)cc1Br. The number of benzene rings is 1. The predicted octanol–water partition coefficient (Wildman–Crippen LogP) is 3.85. The Morgan fingerprint density at radius 3 is 2.40 bits per heavy atom. The van der Waals surface area contributed by atoms with E-state index in [4.69, 9.17) is 5.73 Å². The summed E-state index contributed by atoms with van der Waals surface area (Å²) >= 11 is 3.66. The highest BCUT2D eigenvalue weighted by atomic mass is 79.9. The minimum absolute atomic E-state index is 0.673. The summed E-state index contributed by atoms with van der Waals surface area (Å²) in [6.45, 7) is 5.21. The molecule has 0 saturated heterocycles. The Morgan fingerprint density at radius 2 is 1.93 bits per heavy atom. The summed E-state index contributed by atoms with van der Waals surface area (Å²) in [5, 5.41) is 0. The molecule has 0 aliphatic rings. The van der Waals surface area contributed by atoms with Crippen molar-refractivity contribution in [1.82, 2.24) is 0 Å². The first-order valence-corrected chi connectivity index (χ1v) is 6.50. The quantitative estimate of drug-likeness (QED) is 0.864. The Morgan fingerprint density at radius 1 is 1.27 bits per heavy atom. The Kier molecular flexibility index (Phi) is 5.34. The van der Waals surface area contributed by atoms with Crippen LogP contribution in [0.25, 0.3) is 0 Å². The highest BCUT2D eigenvalue weighted by Gasteiger charge is 2.10. The molecule has 1 nitrogen and oxygen atoms in total.